The molecule has 2 aromatic carbocycles. The highest BCUT2D eigenvalue weighted by molar-refractivity contribution is 5.78. The summed E-state index contributed by atoms with van der Waals surface area (Å²) in [4.78, 5) is 12.2. The number of hydrogen-bond donors (Lipinski definition) is 1. The molecule has 0 amide bonds. The Kier molecular flexibility index (Phi) is 4.87. The third-order valence-electron chi connectivity index (χ3n) is 5.93. The van der Waals surface area contributed by atoms with Gasteiger partial charge in [0.15, 0.2) is 6.61 Å². The molecule has 150 valence electrons. The molecule has 2 aromatic rings. The Labute approximate surface area is 168 Å². The summed E-state index contributed by atoms with van der Waals surface area (Å²) in [6.45, 7) is 0.273. The summed E-state index contributed by atoms with van der Waals surface area (Å²) in [6.07, 6.45) is 4.52. The van der Waals surface area contributed by atoms with Crippen molar-refractivity contribution >= 4 is 5.97 Å². The summed E-state index contributed by atoms with van der Waals surface area (Å²) >= 11 is 0. The second-order valence-corrected chi connectivity index (χ2v) is 7.68. The van der Waals surface area contributed by atoms with Gasteiger partial charge in [-0.15, -0.1) is 0 Å². The highest BCUT2D eigenvalue weighted by Crippen LogP contribution is 2.66. The molecule has 0 aliphatic heterocycles. The van der Waals surface area contributed by atoms with Crippen molar-refractivity contribution in [2.24, 2.45) is 11.8 Å². The Bertz CT molecular complexity index is 942. The van der Waals surface area contributed by atoms with Gasteiger partial charge >= 0.3 is 12.1 Å². The van der Waals surface area contributed by atoms with Crippen LogP contribution in [0.3, 0.4) is 0 Å². The minimum absolute atomic E-state index is 0.206. The van der Waals surface area contributed by atoms with Crippen LogP contribution in [0.15, 0.2) is 78.9 Å². The molecule has 3 atom stereocenters. The Balaban J connectivity index is 1.66. The summed E-state index contributed by atoms with van der Waals surface area (Å²) in [5.74, 6) is -0.851. The molecule has 5 heteroatoms. The molecule has 3 unspecified atom stereocenters. The van der Waals surface area contributed by atoms with Crippen LogP contribution in [0.1, 0.15) is 29.5 Å². The van der Waals surface area contributed by atoms with Gasteiger partial charge in [-0.25, -0.2) is 0 Å². The van der Waals surface area contributed by atoms with Crippen LogP contribution in [0, 0.1) is 11.8 Å². The molecule has 1 fully saturated rings. The maximum absolute atomic E-state index is 12.6. The SMILES string of the molecule is CC(C(=O)OCC(O)(F)F)c1cccc(C2(c3ccccc3)C3C=CC=CC32)c1. The summed E-state index contributed by atoms with van der Waals surface area (Å²) in [6, 6.07) is 18.0. The molecular formula is C24H22F2O3. The minimum atomic E-state index is -4.03. The molecule has 0 bridgehead atoms. The number of hydrogen-bond acceptors (Lipinski definition) is 3. The smallest absolute Gasteiger partial charge is 0.387 e. The zero-order valence-corrected chi connectivity index (χ0v) is 16.0. The average molecular weight is 396 g/mol. The number of carbonyl (C=O) groups is 1. The van der Waals surface area contributed by atoms with E-state index in [1.807, 2.05) is 30.3 Å². The lowest BCUT2D eigenvalue weighted by Crippen LogP contribution is -2.26. The predicted octanol–water partition coefficient (Wildman–Crippen LogP) is 4.58. The molecule has 0 radical (unpaired) electrons. The maximum Gasteiger partial charge on any atom is 0.387 e. The lowest BCUT2D eigenvalue weighted by Gasteiger charge is -2.21. The molecule has 0 saturated heterocycles. The molecule has 3 nitrogen and oxygen atoms in total. The predicted molar refractivity (Wildman–Crippen MR) is 105 cm³/mol. The lowest BCUT2D eigenvalue weighted by atomic mass is 9.82. The van der Waals surface area contributed by atoms with Gasteiger partial charge in [0.05, 0.1) is 5.92 Å². The second-order valence-electron chi connectivity index (χ2n) is 7.68. The third-order valence-corrected chi connectivity index (χ3v) is 5.93. The van der Waals surface area contributed by atoms with E-state index < -0.39 is 24.6 Å². The minimum Gasteiger partial charge on any atom is -0.456 e. The van der Waals surface area contributed by atoms with Crippen LogP contribution in [-0.4, -0.2) is 23.8 Å². The Morgan fingerprint density at radius 3 is 2.31 bits per heavy atom. The molecule has 29 heavy (non-hydrogen) atoms. The van der Waals surface area contributed by atoms with Gasteiger partial charge in [-0.1, -0.05) is 78.9 Å². The first kappa shape index (κ1) is 19.5. The summed E-state index contributed by atoms with van der Waals surface area (Å²) in [7, 11) is 0. The van der Waals surface area contributed by atoms with Gasteiger partial charge in [0.2, 0.25) is 0 Å². The quantitative estimate of drug-likeness (QED) is 0.728. The Morgan fingerprint density at radius 2 is 1.69 bits per heavy atom. The third kappa shape index (κ3) is 3.51. The van der Waals surface area contributed by atoms with Crippen molar-refractivity contribution in [3.63, 3.8) is 0 Å². The van der Waals surface area contributed by atoms with E-state index >= 15 is 0 Å². The number of carbonyl (C=O) groups excluding carboxylic acids is 1. The first-order valence-electron chi connectivity index (χ1n) is 9.62. The van der Waals surface area contributed by atoms with E-state index in [9.17, 15) is 13.6 Å². The number of fused-ring (bicyclic) bond motifs is 1. The van der Waals surface area contributed by atoms with Crippen LogP contribution in [0.25, 0.3) is 0 Å². The van der Waals surface area contributed by atoms with E-state index in [1.165, 1.54) is 5.56 Å². The first-order valence-corrected chi connectivity index (χ1v) is 9.62. The highest BCUT2D eigenvalue weighted by Gasteiger charge is 2.64. The van der Waals surface area contributed by atoms with Crippen LogP contribution in [0.5, 0.6) is 0 Å². The van der Waals surface area contributed by atoms with Crippen LogP contribution in [-0.2, 0) is 14.9 Å². The molecule has 2 aliphatic carbocycles. The van der Waals surface area contributed by atoms with E-state index in [2.05, 4.69) is 47.2 Å². The van der Waals surface area contributed by atoms with E-state index in [0.717, 1.165) is 5.56 Å². The zero-order chi connectivity index (χ0) is 20.6. The molecule has 1 N–H and O–H groups in total. The fourth-order valence-corrected chi connectivity index (χ4v) is 4.49. The molecule has 4 rings (SSSR count). The summed E-state index contributed by atoms with van der Waals surface area (Å²) in [5.41, 5.74) is 2.78. The Hall–Kier alpha value is -2.79. The van der Waals surface area contributed by atoms with E-state index in [1.54, 1.807) is 13.0 Å². The summed E-state index contributed by atoms with van der Waals surface area (Å²) < 4.78 is 29.8. The van der Waals surface area contributed by atoms with Crippen molar-refractivity contribution in [2.45, 2.75) is 24.4 Å². The van der Waals surface area contributed by atoms with Gasteiger partial charge in [-0.3, -0.25) is 4.79 Å². The molecule has 0 spiro atoms. The van der Waals surface area contributed by atoms with E-state index in [0.29, 0.717) is 17.4 Å². The van der Waals surface area contributed by atoms with Crippen molar-refractivity contribution in [3.8, 4) is 0 Å². The van der Waals surface area contributed by atoms with Crippen LogP contribution >= 0.6 is 0 Å². The number of aliphatic hydroxyl groups is 1. The largest absolute Gasteiger partial charge is 0.456 e. The second kappa shape index (κ2) is 7.23. The van der Waals surface area contributed by atoms with Crippen LogP contribution in [0.2, 0.25) is 0 Å². The fraction of sp³-hybridized carbons (Fsp3) is 0.292. The van der Waals surface area contributed by atoms with Crippen LogP contribution < -0.4 is 0 Å². The van der Waals surface area contributed by atoms with Crippen molar-refractivity contribution in [1.82, 2.24) is 0 Å². The topological polar surface area (TPSA) is 46.5 Å². The number of halogens is 2. The molecule has 1 saturated carbocycles. The van der Waals surface area contributed by atoms with Crippen molar-refractivity contribution < 1.29 is 23.4 Å². The maximum atomic E-state index is 12.6. The van der Waals surface area contributed by atoms with Gasteiger partial charge in [0.1, 0.15) is 0 Å². The lowest BCUT2D eigenvalue weighted by molar-refractivity contribution is -0.231. The monoisotopic (exact) mass is 396 g/mol. The fourth-order valence-electron chi connectivity index (χ4n) is 4.49. The Morgan fingerprint density at radius 1 is 1.07 bits per heavy atom. The van der Waals surface area contributed by atoms with Crippen LogP contribution in [0.4, 0.5) is 8.78 Å². The van der Waals surface area contributed by atoms with Crippen molar-refractivity contribution in [2.75, 3.05) is 6.61 Å². The van der Waals surface area contributed by atoms with E-state index in [4.69, 9.17) is 5.11 Å². The van der Waals surface area contributed by atoms with Crippen molar-refractivity contribution in [1.29, 1.82) is 0 Å². The average Bonchev–Trinajstić information content (AvgIpc) is 3.41. The van der Waals surface area contributed by atoms with Gasteiger partial charge in [-0.05, 0) is 35.4 Å². The summed E-state index contributed by atoms with van der Waals surface area (Å²) in [5, 5.41) is 8.50. The number of esters is 1. The molecule has 0 aromatic heterocycles. The number of benzene rings is 2. The first-order chi connectivity index (χ1) is 13.8. The number of ether oxygens (including phenoxy) is 1. The normalized spacial score (nSPS) is 25.9. The number of allylic oxidation sites excluding steroid dienone is 4. The highest BCUT2D eigenvalue weighted by atomic mass is 19.3. The van der Waals surface area contributed by atoms with Gasteiger partial charge in [-0.2, -0.15) is 8.78 Å². The zero-order valence-electron chi connectivity index (χ0n) is 16.0. The van der Waals surface area contributed by atoms with Gasteiger partial charge < -0.3 is 9.84 Å². The standard InChI is InChI=1S/C24H22F2O3/c1-16(22(27)29-15-23(25,26)28)17-8-7-11-19(14-17)24(18-9-3-2-4-10-18)20-12-5-6-13-21(20)24/h2-14,16,20-21,28H,15H2,1H3. The van der Waals surface area contributed by atoms with E-state index in [-0.39, 0.29) is 5.41 Å². The molecule has 2 aliphatic rings. The van der Waals surface area contributed by atoms with Gasteiger partial charge in [0, 0.05) is 5.41 Å². The molecule has 0 heterocycles. The van der Waals surface area contributed by atoms with Crippen molar-refractivity contribution in [3.05, 3.63) is 95.6 Å². The number of rotatable bonds is 6. The van der Waals surface area contributed by atoms with Gasteiger partial charge in [0.25, 0.3) is 0 Å². The number of alkyl halides is 2. The molecular weight excluding hydrogens is 374 g/mol.